The average molecular weight is 332 g/mol. The predicted octanol–water partition coefficient (Wildman–Crippen LogP) is 1.65. The maximum absolute atomic E-state index is 12.6. The third-order valence-electron chi connectivity index (χ3n) is 4.94. The fourth-order valence-corrected chi connectivity index (χ4v) is 3.45. The van der Waals surface area contributed by atoms with Gasteiger partial charge in [0.15, 0.2) is 0 Å². The van der Waals surface area contributed by atoms with Gasteiger partial charge in [-0.3, -0.25) is 4.79 Å². The first-order chi connectivity index (χ1) is 11.6. The van der Waals surface area contributed by atoms with Crippen LogP contribution in [0.3, 0.4) is 0 Å². The van der Waals surface area contributed by atoms with E-state index in [1.54, 1.807) is 17.0 Å². The second-order valence-electron chi connectivity index (χ2n) is 6.54. The van der Waals surface area contributed by atoms with E-state index in [2.05, 4.69) is 5.32 Å². The first kappa shape index (κ1) is 16.8. The van der Waals surface area contributed by atoms with Gasteiger partial charge in [0.25, 0.3) is 0 Å². The highest BCUT2D eigenvalue weighted by Gasteiger charge is 2.45. The van der Waals surface area contributed by atoms with Crippen LogP contribution < -0.4 is 10.1 Å². The van der Waals surface area contributed by atoms with Gasteiger partial charge in [0.1, 0.15) is 5.75 Å². The van der Waals surface area contributed by atoms with Crippen molar-refractivity contribution in [1.29, 1.82) is 0 Å². The summed E-state index contributed by atoms with van der Waals surface area (Å²) in [5.74, 6) is -0.323. The predicted molar refractivity (Wildman–Crippen MR) is 88.9 cm³/mol. The van der Waals surface area contributed by atoms with Crippen molar-refractivity contribution in [3.63, 3.8) is 0 Å². The Morgan fingerprint density at radius 1 is 1.17 bits per heavy atom. The maximum atomic E-state index is 12.6. The maximum Gasteiger partial charge on any atom is 0.348 e. The molecule has 1 aromatic rings. The van der Waals surface area contributed by atoms with Crippen molar-refractivity contribution in [2.45, 2.75) is 43.7 Å². The van der Waals surface area contributed by atoms with Crippen LogP contribution in [0.5, 0.6) is 5.75 Å². The molecule has 130 valence electrons. The molecule has 2 aliphatic rings. The lowest BCUT2D eigenvalue weighted by atomic mass is 9.90. The number of aliphatic carboxylic acids is 1. The largest absolute Gasteiger partial charge is 0.478 e. The van der Waals surface area contributed by atoms with Crippen molar-refractivity contribution >= 4 is 11.9 Å². The van der Waals surface area contributed by atoms with Gasteiger partial charge in [0.05, 0.1) is 6.04 Å². The molecule has 6 nitrogen and oxygen atoms in total. The Labute approximate surface area is 141 Å². The summed E-state index contributed by atoms with van der Waals surface area (Å²) in [7, 11) is 0. The van der Waals surface area contributed by atoms with E-state index in [0.29, 0.717) is 31.7 Å². The summed E-state index contributed by atoms with van der Waals surface area (Å²) < 4.78 is 5.82. The quantitative estimate of drug-likeness (QED) is 0.876. The van der Waals surface area contributed by atoms with Gasteiger partial charge in [0, 0.05) is 25.9 Å². The lowest BCUT2D eigenvalue weighted by Crippen LogP contribution is -2.57. The number of likely N-dealkylation sites (tertiary alicyclic amines) is 1. The van der Waals surface area contributed by atoms with E-state index in [-0.39, 0.29) is 11.9 Å². The van der Waals surface area contributed by atoms with Crippen molar-refractivity contribution in [2.24, 2.45) is 0 Å². The summed E-state index contributed by atoms with van der Waals surface area (Å²) in [4.78, 5) is 26.2. The highest BCUT2D eigenvalue weighted by molar-refractivity contribution is 5.83. The number of amides is 1. The number of nitrogens with zero attached hydrogens (tertiary/aromatic N) is 1. The number of para-hydroxylation sites is 1. The Morgan fingerprint density at radius 3 is 2.46 bits per heavy atom. The fourth-order valence-electron chi connectivity index (χ4n) is 3.45. The molecule has 2 aliphatic heterocycles. The number of carboxylic acid groups (broad SMARTS) is 1. The molecule has 0 aromatic heterocycles. The average Bonchev–Trinajstić information content (AvgIpc) is 2.63. The van der Waals surface area contributed by atoms with Crippen molar-refractivity contribution in [1.82, 2.24) is 10.2 Å². The fraction of sp³-hybridized carbons (Fsp3) is 0.556. The lowest BCUT2D eigenvalue weighted by molar-refractivity contribution is -0.162. The van der Waals surface area contributed by atoms with Crippen LogP contribution in [0.1, 0.15) is 32.1 Å². The highest BCUT2D eigenvalue weighted by atomic mass is 16.5. The SMILES string of the molecule is O=C([C@@H]1CCCCN1)N1CCC(Oc2ccccc2)(C(=O)O)CC1. The van der Waals surface area contributed by atoms with Crippen LogP contribution in [-0.4, -0.2) is 53.2 Å². The topological polar surface area (TPSA) is 78.9 Å². The Bertz CT molecular complexity index is 576. The van der Waals surface area contributed by atoms with Crippen molar-refractivity contribution in [3.8, 4) is 5.75 Å². The minimum Gasteiger partial charge on any atom is -0.478 e. The molecule has 2 heterocycles. The molecule has 2 saturated heterocycles. The molecule has 1 atom stereocenters. The zero-order valence-electron chi connectivity index (χ0n) is 13.7. The molecule has 0 unspecified atom stereocenters. The van der Waals surface area contributed by atoms with Crippen LogP contribution in [0.25, 0.3) is 0 Å². The molecule has 0 spiro atoms. The minimum absolute atomic E-state index is 0.0911. The van der Waals surface area contributed by atoms with Crippen LogP contribution in [0.15, 0.2) is 30.3 Å². The molecule has 24 heavy (non-hydrogen) atoms. The van der Waals surface area contributed by atoms with E-state index in [9.17, 15) is 14.7 Å². The number of rotatable bonds is 4. The number of piperidine rings is 2. The third kappa shape index (κ3) is 3.53. The molecule has 0 saturated carbocycles. The molecule has 0 aliphatic carbocycles. The first-order valence-corrected chi connectivity index (χ1v) is 8.60. The first-order valence-electron chi connectivity index (χ1n) is 8.60. The Morgan fingerprint density at radius 2 is 1.88 bits per heavy atom. The van der Waals surface area contributed by atoms with E-state index < -0.39 is 11.6 Å². The Hall–Kier alpha value is -2.08. The number of ether oxygens (including phenoxy) is 1. The van der Waals surface area contributed by atoms with Gasteiger partial charge in [-0.05, 0) is 31.5 Å². The van der Waals surface area contributed by atoms with E-state index in [1.807, 2.05) is 18.2 Å². The number of hydrogen-bond donors (Lipinski definition) is 2. The van der Waals surface area contributed by atoms with Gasteiger partial charge < -0.3 is 20.1 Å². The summed E-state index contributed by atoms with van der Waals surface area (Å²) in [6.45, 7) is 1.70. The van der Waals surface area contributed by atoms with Gasteiger partial charge >= 0.3 is 5.97 Å². The normalized spacial score (nSPS) is 23.5. The lowest BCUT2D eigenvalue weighted by Gasteiger charge is -2.40. The third-order valence-corrected chi connectivity index (χ3v) is 4.94. The molecular formula is C18H24N2O4. The minimum atomic E-state index is -1.25. The Kier molecular flexibility index (Phi) is 5.04. The van der Waals surface area contributed by atoms with Gasteiger partial charge in [-0.2, -0.15) is 0 Å². The molecule has 2 fully saturated rings. The number of carboxylic acids is 1. The van der Waals surface area contributed by atoms with E-state index >= 15 is 0 Å². The highest BCUT2D eigenvalue weighted by Crippen LogP contribution is 2.29. The summed E-state index contributed by atoms with van der Waals surface area (Å²) in [5.41, 5.74) is -1.25. The van der Waals surface area contributed by atoms with Crippen LogP contribution in [0.2, 0.25) is 0 Å². The van der Waals surface area contributed by atoms with Crippen LogP contribution in [-0.2, 0) is 9.59 Å². The summed E-state index contributed by atoms with van der Waals surface area (Å²) in [5, 5.41) is 12.9. The number of benzene rings is 1. The van der Waals surface area contributed by atoms with Gasteiger partial charge in [0.2, 0.25) is 11.5 Å². The second-order valence-corrected chi connectivity index (χ2v) is 6.54. The standard InChI is InChI=1S/C18H24N2O4/c21-16(15-8-4-5-11-19-15)20-12-9-18(10-13-20,17(22)23)24-14-6-2-1-3-7-14/h1-3,6-7,15,19H,4-5,8-13H2,(H,22,23)/t15-/m0/s1. The molecule has 6 heteroatoms. The smallest absolute Gasteiger partial charge is 0.348 e. The number of carbonyl (C=O) groups is 2. The van der Waals surface area contributed by atoms with Gasteiger partial charge in [-0.25, -0.2) is 4.79 Å². The van der Waals surface area contributed by atoms with Crippen molar-refractivity contribution < 1.29 is 19.4 Å². The van der Waals surface area contributed by atoms with Crippen molar-refractivity contribution in [3.05, 3.63) is 30.3 Å². The molecule has 1 aromatic carbocycles. The van der Waals surface area contributed by atoms with Crippen LogP contribution in [0.4, 0.5) is 0 Å². The van der Waals surface area contributed by atoms with E-state index in [1.165, 1.54) is 0 Å². The van der Waals surface area contributed by atoms with Crippen molar-refractivity contribution in [2.75, 3.05) is 19.6 Å². The van der Waals surface area contributed by atoms with E-state index in [0.717, 1.165) is 25.8 Å². The molecule has 2 N–H and O–H groups in total. The summed E-state index contributed by atoms with van der Waals surface area (Å²) in [6.07, 6.45) is 3.63. The molecular weight excluding hydrogens is 308 g/mol. The van der Waals surface area contributed by atoms with Gasteiger partial charge in [-0.15, -0.1) is 0 Å². The summed E-state index contributed by atoms with van der Waals surface area (Å²) in [6, 6.07) is 8.89. The Balaban J connectivity index is 1.64. The zero-order valence-corrected chi connectivity index (χ0v) is 13.7. The van der Waals surface area contributed by atoms with Gasteiger partial charge in [-0.1, -0.05) is 24.6 Å². The second kappa shape index (κ2) is 7.21. The molecule has 0 bridgehead atoms. The van der Waals surface area contributed by atoms with Crippen LogP contribution in [0, 0.1) is 0 Å². The van der Waals surface area contributed by atoms with Crippen LogP contribution >= 0.6 is 0 Å². The molecule has 0 radical (unpaired) electrons. The molecule has 1 amide bonds. The van der Waals surface area contributed by atoms with E-state index in [4.69, 9.17) is 4.74 Å². The number of carbonyl (C=O) groups excluding carboxylic acids is 1. The number of nitrogens with one attached hydrogen (secondary N) is 1. The number of hydrogen-bond acceptors (Lipinski definition) is 4. The zero-order chi connectivity index (χ0) is 17.0. The summed E-state index contributed by atoms with van der Waals surface area (Å²) >= 11 is 0. The molecule has 3 rings (SSSR count). The monoisotopic (exact) mass is 332 g/mol.